The molecule has 0 heterocycles. The van der Waals surface area contributed by atoms with E-state index in [1.54, 1.807) is 0 Å². The third kappa shape index (κ3) is 5.23. The monoisotopic (exact) mass is 135 g/mol. The van der Waals surface area contributed by atoms with Gasteiger partial charge in [0.2, 0.25) is 5.91 Å². The van der Waals surface area contributed by atoms with E-state index in [9.17, 15) is 9.18 Å². The molecule has 0 rings (SSSR count). The van der Waals surface area contributed by atoms with Gasteiger partial charge in [-0.25, -0.2) is 4.39 Å². The zero-order valence-electron chi connectivity index (χ0n) is 5.32. The molecule has 0 aliphatic rings. The van der Waals surface area contributed by atoms with Crippen molar-refractivity contribution < 1.29 is 13.9 Å². The first-order valence-corrected chi connectivity index (χ1v) is 2.63. The average Bonchev–Trinajstić information content (AvgIpc) is 1.85. The second kappa shape index (κ2) is 5.50. The smallest absolute Gasteiger partial charge is 0.246 e. The van der Waals surface area contributed by atoms with Crippen LogP contribution in [0.5, 0.6) is 0 Å². The maximum Gasteiger partial charge on any atom is 0.246 e. The highest BCUT2D eigenvalue weighted by atomic mass is 19.1. The van der Waals surface area contributed by atoms with Crippen LogP contribution in [0.25, 0.3) is 0 Å². The number of amides is 1. The van der Waals surface area contributed by atoms with Crippen LogP contribution in [0, 0.1) is 0 Å². The molecule has 0 saturated heterocycles. The summed E-state index contributed by atoms with van der Waals surface area (Å²) in [6.07, 6.45) is 0. The Hall–Kier alpha value is -0.640. The molecule has 0 bridgehead atoms. The number of rotatable bonds is 4. The summed E-state index contributed by atoms with van der Waals surface area (Å²) in [5, 5.41) is 2.29. The van der Waals surface area contributed by atoms with E-state index < -0.39 is 6.67 Å². The Bertz CT molecular complexity index is 87.0. The van der Waals surface area contributed by atoms with Crippen LogP contribution in [0.4, 0.5) is 4.39 Å². The third-order valence-corrected chi connectivity index (χ3v) is 0.692. The molecule has 0 aromatic heterocycles. The number of carbonyl (C=O) groups excluding carboxylic acids is 1. The largest absolute Gasteiger partial charge is 0.375 e. The molecule has 3 nitrogen and oxygen atoms in total. The molecule has 9 heavy (non-hydrogen) atoms. The highest BCUT2D eigenvalue weighted by molar-refractivity contribution is 5.77. The van der Waals surface area contributed by atoms with E-state index in [0.29, 0.717) is 0 Å². The van der Waals surface area contributed by atoms with Crippen molar-refractivity contribution in [2.24, 2.45) is 0 Å². The Balaban J connectivity index is 3.06. The molecule has 0 aromatic carbocycles. The van der Waals surface area contributed by atoms with Gasteiger partial charge in [-0.15, -0.1) is 0 Å². The van der Waals surface area contributed by atoms with Crippen molar-refractivity contribution in [3.05, 3.63) is 0 Å². The van der Waals surface area contributed by atoms with E-state index in [0.717, 1.165) is 0 Å². The summed E-state index contributed by atoms with van der Waals surface area (Å²) in [5.41, 5.74) is 0. The first-order chi connectivity index (χ1) is 4.31. The minimum absolute atomic E-state index is 0.000000000000000222. The predicted molar refractivity (Wildman–Crippen MR) is 30.9 cm³/mol. The van der Waals surface area contributed by atoms with Gasteiger partial charge in [-0.05, 0) is 0 Å². The van der Waals surface area contributed by atoms with Crippen molar-refractivity contribution in [2.45, 2.75) is 0 Å². The molecule has 0 fully saturated rings. The second-order valence-electron chi connectivity index (χ2n) is 1.47. The molecule has 0 saturated carbocycles. The van der Waals surface area contributed by atoms with Crippen molar-refractivity contribution in [2.75, 3.05) is 26.9 Å². The highest BCUT2D eigenvalue weighted by Gasteiger charge is 1.95. The van der Waals surface area contributed by atoms with Crippen molar-refractivity contribution >= 4 is 5.91 Å². The number of hydrogen-bond acceptors (Lipinski definition) is 2. The fraction of sp³-hybridized carbons (Fsp3) is 0.800. The van der Waals surface area contributed by atoms with Crippen LogP contribution < -0.4 is 5.32 Å². The van der Waals surface area contributed by atoms with Crippen LogP contribution in [0.3, 0.4) is 0 Å². The number of alkyl halides is 1. The quantitative estimate of drug-likeness (QED) is 0.575. The summed E-state index contributed by atoms with van der Waals surface area (Å²) < 4.78 is 15.8. The van der Waals surface area contributed by atoms with Crippen LogP contribution >= 0.6 is 0 Å². The lowest BCUT2D eigenvalue weighted by atomic mass is 10.6. The minimum Gasteiger partial charge on any atom is -0.375 e. The van der Waals surface area contributed by atoms with Crippen LogP contribution in [-0.2, 0) is 9.53 Å². The van der Waals surface area contributed by atoms with E-state index in [4.69, 9.17) is 0 Å². The molecule has 0 aliphatic carbocycles. The lowest BCUT2D eigenvalue weighted by Crippen LogP contribution is -2.28. The average molecular weight is 135 g/mol. The number of methoxy groups -OCH3 is 1. The number of hydrogen-bond donors (Lipinski definition) is 1. The summed E-state index contributed by atoms with van der Waals surface area (Å²) in [4.78, 5) is 10.4. The summed E-state index contributed by atoms with van der Waals surface area (Å²) in [6, 6.07) is 0. The zero-order valence-corrected chi connectivity index (χ0v) is 5.32. The first-order valence-electron chi connectivity index (χ1n) is 2.63. The van der Waals surface area contributed by atoms with E-state index in [-0.39, 0.29) is 19.1 Å². The number of halogens is 1. The van der Waals surface area contributed by atoms with Crippen molar-refractivity contribution in [1.29, 1.82) is 0 Å². The Labute approximate surface area is 53.2 Å². The van der Waals surface area contributed by atoms with Crippen molar-refractivity contribution in [1.82, 2.24) is 5.32 Å². The summed E-state index contributed by atoms with van der Waals surface area (Å²) in [5.74, 6) is -0.282. The van der Waals surface area contributed by atoms with Crippen molar-refractivity contribution in [3.63, 3.8) is 0 Å². The molecule has 4 heteroatoms. The fourth-order valence-corrected chi connectivity index (χ4v) is 0.369. The molecule has 0 atom stereocenters. The van der Waals surface area contributed by atoms with E-state index in [1.165, 1.54) is 7.11 Å². The first kappa shape index (κ1) is 8.36. The van der Waals surface area contributed by atoms with Crippen LogP contribution in [-0.4, -0.2) is 32.8 Å². The van der Waals surface area contributed by atoms with E-state index in [2.05, 4.69) is 10.1 Å². The number of ether oxygens (including phenoxy) is 1. The maximum atomic E-state index is 11.3. The van der Waals surface area contributed by atoms with Gasteiger partial charge in [0.25, 0.3) is 0 Å². The number of carbonyl (C=O) groups is 1. The van der Waals surface area contributed by atoms with Gasteiger partial charge in [-0.1, -0.05) is 0 Å². The Morgan fingerprint density at radius 3 is 2.89 bits per heavy atom. The lowest BCUT2D eigenvalue weighted by molar-refractivity contribution is -0.124. The van der Waals surface area contributed by atoms with Crippen LogP contribution in [0.2, 0.25) is 0 Å². The van der Waals surface area contributed by atoms with Gasteiger partial charge >= 0.3 is 0 Å². The van der Waals surface area contributed by atoms with Gasteiger partial charge in [0, 0.05) is 13.7 Å². The summed E-state index contributed by atoms with van der Waals surface area (Å²) in [6.45, 7) is -0.461. The van der Waals surface area contributed by atoms with Gasteiger partial charge in [0.15, 0.2) is 0 Å². The van der Waals surface area contributed by atoms with Crippen LogP contribution in [0.1, 0.15) is 0 Å². The Morgan fingerprint density at radius 1 is 1.78 bits per heavy atom. The molecule has 1 amide bonds. The van der Waals surface area contributed by atoms with Crippen molar-refractivity contribution in [3.8, 4) is 0 Å². The second-order valence-corrected chi connectivity index (χ2v) is 1.47. The minimum atomic E-state index is -0.532. The lowest BCUT2D eigenvalue weighted by Gasteiger charge is -1.98. The SMILES string of the molecule is COCC(=O)NCCF. The van der Waals surface area contributed by atoms with Crippen LogP contribution in [0.15, 0.2) is 0 Å². The molecular formula is C5H10FNO2. The molecule has 0 radical (unpaired) electrons. The van der Waals surface area contributed by atoms with Gasteiger partial charge < -0.3 is 10.1 Å². The molecule has 0 aromatic rings. The Morgan fingerprint density at radius 2 is 2.44 bits per heavy atom. The summed E-state index contributed by atoms with van der Waals surface area (Å²) in [7, 11) is 1.41. The predicted octanol–water partition coefficient (Wildman–Crippen LogP) is -0.282. The van der Waals surface area contributed by atoms with E-state index in [1.807, 2.05) is 0 Å². The van der Waals surface area contributed by atoms with Gasteiger partial charge in [-0.3, -0.25) is 4.79 Å². The molecular weight excluding hydrogens is 125 g/mol. The molecule has 54 valence electrons. The summed E-state index contributed by atoms with van der Waals surface area (Å²) >= 11 is 0. The number of nitrogens with one attached hydrogen (secondary N) is 1. The molecule has 0 spiro atoms. The molecule has 1 N–H and O–H groups in total. The molecule has 0 aliphatic heterocycles. The Kier molecular flexibility index (Phi) is 5.11. The van der Waals surface area contributed by atoms with E-state index >= 15 is 0 Å². The van der Waals surface area contributed by atoms with Gasteiger partial charge in [-0.2, -0.15) is 0 Å². The highest BCUT2D eigenvalue weighted by Crippen LogP contribution is 1.68. The topological polar surface area (TPSA) is 38.3 Å². The molecule has 0 unspecified atom stereocenters. The maximum absolute atomic E-state index is 11.3. The van der Waals surface area contributed by atoms with Gasteiger partial charge in [0.05, 0.1) is 0 Å². The standard InChI is InChI=1S/C5H10FNO2/c1-9-4-5(8)7-3-2-6/h2-4H2,1H3,(H,7,8). The normalized spacial score (nSPS) is 9.11. The fourth-order valence-electron chi connectivity index (χ4n) is 0.369. The van der Waals surface area contributed by atoms with Gasteiger partial charge in [0.1, 0.15) is 13.3 Å². The third-order valence-electron chi connectivity index (χ3n) is 0.692. The zero-order chi connectivity index (χ0) is 7.11.